The van der Waals surface area contributed by atoms with Gasteiger partial charge in [-0.15, -0.1) is 11.3 Å². The van der Waals surface area contributed by atoms with E-state index < -0.39 is 16.1 Å². The number of nitrogens with one attached hydrogen (secondary N) is 1. The molecule has 2 N–H and O–H groups in total. The minimum atomic E-state index is -3.66. The summed E-state index contributed by atoms with van der Waals surface area (Å²) in [5.41, 5.74) is 2.05. The Morgan fingerprint density at radius 3 is 2.67 bits per heavy atom. The van der Waals surface area contributed by atoms with Gasteiger partial charge in [0.2, 0.25) is 10.0 Å². The molecule has 1 aromatic carbocycles. The van der Waals surface area contributed by atoms with Crippen molar-refractivity contribution < 1.29 is 13.5 Å². The molecule has 114 valence electrons. The zero-order valence-corrected chi connectivity index (χ0v) is 13.8. The molecule has 0 spiro atoms. The molecule has 0 fully saturated rings. The van der Waals surface area contributed by atoms with Crippen molar-refractivity contribution in [1.29, 1.82) is 0 Å². The Labute approximate surface area is 128 Å². The Bertz CT molecular complexity index is 738. The standard InChI is InChI=1S/C14H18N2O3S2/c1-9-8-20-14(15-9)11(3)16-21(18,19)13-6-4-5-12(7-17)10(13)2/h4-6,8,11,16-17H,7H2,1-3H3. The second-order valence-electron chi connectivity index (χ2n) is 4.87. The van der Waals surface area contributed by atoms with Gasteiger partial charge in [0.25, 0.3) is 0 Å². The highest BCUT2D eigenvalue weighted by Crippen LogP contribution is 2.23. The van der Waals surface area contributed by atoms with Crippen molar-refractivity contribution in [3.8, 4) is 0 Å². The quantitative estimate of drug-likeness (QED) is 0.883. The third kappa shape index (κ3) is 3.49. The van der Waals surface area contributed by atoms with E-state index in [-0.39, 0.29) is 11.5 Å². The van der Waals surface area contributed by atoms with Crippen LogP contribution in [0.4, 0.5) is 0 Å². The number of aromatic nitrogens is 1. The Morgan fingerprint density at radius 1 is 1.38 bits per heavy atom. The summed E-state index contributed by atoms with van der Waals surface area (Å²) in [5.74, 6) is 0. The predicted octanol–water partition coefficient (Wildman–Crippen LogP) is 2.29. The van der Waals surface area contributed by atoms with E-state index in [0.29, 0.717) is 11.1 Å². The molecule has 0 amide bonds. The van der Waals surface area contributed by atoms with Crippen LogP contribution in [0.5, 0.6) is 0 Å². The molecule has 0 aliphatic carbocycles. The SMILES string of the molecule is Cc1csc(C(C)NS(=O)(=O)c2cccc(CO)c2C)n1. The van der Waals surface area contributed by atoms with Crippen LogP contribution in [-0.2, 0) is 16.6 Å². The van der Waals surface area contributed by atoms with Crippen molar-refractivity contribution >= 4 is 21.4 Å². The van der Waals surface area contributed by atoms with Crippen LogP contribution in [0.25, 0.3) is 0 Å². The molecule has 0 aliphatic rings. The van der Waals surface area contributed by atoms with Crippen LogP contribution in [0.15, 0.2) is 28.5 Å². The van der Waals surface area contributed by atoms with Crippen molar-refractivity contribution in [2.24, 2.45) is 0 Å². The predicted molar refractivity (Wildman–Crippen MR) is 82.7 cm³/mol. The lowest BCUT2D eigenvalue weighted by molar-refractivity contribution is 0.280. The number of hydrogen-bond donors (Lipinski definition) is 2. The molecule has 0 saturated carbocycles. The summed E-state index contributed by atoms with van der Waals surface area (Å²) < 4.78 is 27.6. The average molecular weight is 326 g/mol. The molecule has 0 aliphatic heterocycles. The Balaban J connectivity index is 2.30. The van der Waals surface area contributed by atoms with Crippen LogP contribution in [0.1, 0.15) is 34.8 Å². The molecule has 0 bridgehead atoms. The molecule has 5 nitrogen and oxygen atoms in total. The first-order valence-corrected chi connectivity index (χ1v) is 8.85. The van der Waals surface area contributed by atoms with Crippen molar-refractivity contribution in [2.45, 2.75) is 38.3 Å². The molecule has 7 heteroatoms. The lowest BCUT2D eigenvalue weighted by Gasteiger charge is -2.15. The molecule has 1 aromatic heterocycles. The first kappa shape index (κ1) is 16.1. The number of hydrogen-bond acceptors (Lipinski definition) is 5. The summed E-state index contributed by atoms with van der Waals surface area (Å²) in [7, 11) is -3.66. The number of aryl methyl sites for hydroxylation is 1. The second-order valence-corrected chi connectivity index (χ2v) is 7.44. The van der Waals surface area contributed by atoms with Gasteiger partial charge in [0.05, 0.1) is 17.5 Å². The monoisotopic (exact) mass is 326 g/mol. The molecular weight excluding hydrogens is 308 g/mol. The fraction of sp³-hybridized carbons (Fsp3) is 0.357. The smallest absolute Gasteiger partial charge is 0.241 e. The van der Waals surface area contributed by atoms with Crippen molar-refractivity contribution in [1.82, 2.24) is 9.71 Å². The maximum absolute atomic E-state index is 12.5. The molecule has 0 radical (unpaired) electrons. The summed E-state index contributed by atoms with van der Waals surface area (Å²) >= 11 is 1.43. The van der Waals surface area contributed by atoms with E-state index in [0.717, 1.165) is 10.7 Å². The van der Waals surface area contributed by atoms with E-state index >= 15 is 0 Å². The number of thiazole rings is 1. The van der Waals surface area contributed by atoms with Crippen LogP contribution >= 0.6 is 11.3 Å². The van der Waals surface area contributed by atoms with Crippen molar-refractivity contribution in [2.75, 3.05) is 0 Å². The van der Waals surface area contributed by atoms with Gasteiger partial charge in [-0.3, -0.25) is 0 Å². The van der Waals surface area contributed by atoms with Crippen LogP contribution in [-0.4, -0.2) is 18.5 Å². The van der Waals surface area contributed by atoms with Gasteiger partial charge in [-0.25, -0.2) is 18.1 Å². The highest BCUT2D eigenvalue weighted by Gasteiger charge is 2.22. The summed E-state index contributed by atoms with van der Waals surface area (Å²) in [5, 5.41) is 11.9. The fourth-order valence-corrected chi connectivity index (χ4v) is 4.41. The van der Waals surface area contributed by atoms with E-state index in [1.54, 1.807) is 26.0 Å². The Kier molecular flexibility index (Phi) is 4.77. The van der Waals surface area contributed by atoms with Crippen LogP contribution in [0.3, 0.4) is 0 Å². The number of benzene rings is 1. The van der Waals surface area contributed by atoms with Crippen molar-refractivity contribution in [3.05, 3.63) is 45.4 Å². The molecule has 2 rings (SSSR count). The number of nitrogens with zero attached hydrogens (tertiary/aromatic N) is 1. The first-order chi connectivity index (χ1) is 9.85. The molecule has 1 unspecified atom stereocenters. The van der Waals surface area contributed by atoms with Gasteiger partial charge in [-0.05, 0) is 38.0 Å². The maximum Gasteiger partial charge on any atom is 0.241 e. The van der Waals surface area contributed by atoms with Crippen LogP contribution in [0, 0.1) is 13.8 Å². The van der Waals surface area contributed by atoms with E-state index in [1.165, 1.54) is 17.4 Å². The number of rotatable bonds is 5. The van der Waals surface area contributed by atoms with Gasteiger partial charge in [-0.2, -0.15) is 0 Å². The van der Waals surface area contributed by atoms with Crippen molar-refractivity contribution in [3.63, 3.8) is 0 Å². The van der Waals surface area contributed by atoms with E-state index in [9.17, 15) is 13.5 Å². The summed E-state index contributed by atoms with van der Waals surface area (Å²) in [6.07, 6.45) is 0. The third-order valence-corrected chi connectivity index (χ3v) is 6.03. The van der Waals surface area contributed by atoms with Crippen LogP contribution < -0.4 is 4.72 Å². The van der Waals surface area contributed by atoms with Gasteiger partial charge < -0.3 is 5.11 Å². The average Bonchev–Trinajstić information content (AvgIpc) is 2.85. The minimum Gasteiger partial charge on any atom is -0.392 e. The molecule has 21 heavy (non-hydrogen) atoms. The number of aliphatic hydroxyl groups is 1. The van der Waals surface area contributed by atoms with Gasteiger partial charge >= 0.3 is 0 Å². The first-order valence-electron chi connectivity index (χ1n) is 6.49. The molecule has 2 aromatic rings. The Morgan fingerprint density at radius 2 is 2.10 bits per heavy atom. The number of aliphatic hydroxyl groups excluding tert-OH is 1. The zero-order valence-electron chi connectivity index (χ0n) is 12.1. The molecule has 1 atom stereocenters. The highest BCUT2D eigenvalue weighted by molar-refractivity contribution is 7.89. The third-order valence-electron chi connectivity index (χ3n) is 3.20. The summed E-state index contributed by atoms with van der Waals surface area (Å²) in [6.45, 7) is 5.14. The topological polar surface area (TPSA) is 79.3 Å². The molecular formula is C14H18N2O3S2. The Hall–Kier alpha value is -1.28. The minimum absolute atomic E-state index is 0.184. The highest BCUT2D eigenvalue weighted by atomic mass is 32.2. The van der Waals surface area contributed by atoms with Gasteiger partial charge in [0.1, 0.15) is 5.01 Å². The van der Waals surface area contributed by atoms with Crippen LogP contribution in [0.2, 0.25) is 0 Å². The van der Waals surface area contributed by atoms with E-state index in [2.05, 4.69) is 9.71 Å². The van der Waals surface area contributed by atoms with E-state index in [4.69, 9.17) is 0 Å². The summed E-state index contributed by atoms with van der Waals surface area (Å²) in [4.78, 5) is 4.49. The molecule has 0 saturated heterocycles. The largest absolute Gasteiger partial charge is 0.392 e. The fourth-order valence-electron chi connectivity index (χ4n) is 2.04. The normalized spacial score (nSPS) is 13.3. The van der Waals surface area contributed by atoms with Gasteiger partial charge in [0.15, 0.2) is 0 Å². The van der Waals surface area contributed by atoms with Gasteiger partial charge in [0, 0.05) is 11.1 Å². The second kappa shape index (κ2) is 6.23. The van der Waals surface area contributed by atoms with Gasteiger partial charge in [-0.1, -0.05) is 12.1 Å². The van der Waals surface area contributed by atoms with E-state index in [1.807, 2.05) is 12.3 Å². The molecule has 1 heterocycles. The lowest BCUT2D eigenvalue weighted by Crippen LogP contribution is -2.27. The maximum atomic E-state index is 12.5. The number of sulfonamides is 1. The zero-order chi connectivity index (χ0) is 15.6. The summed E-state index contributed by atoms with van der Waals surface area (Å²) in [6, 6.07) is 4.48. The lowest BCUT2D eigenvalue weighted by atomic mass is 10.1.